The molecule has 0 saturated heterocycles. The normalized spacial score (nSPS) is 13.0. The standard InChI is InChI=1S/C14H24N2O3Si/c1-6-11-10-15-13(16-11)14(17)19-12(7-2)18-8-9-20(3,4)5/h6,10,12H,1,7-9H2,2-5H3,(H,15,16)/t12-/m0/s1. The lowest BCUT2D eigenvalue weighted by molar-refractivity contribution is -0.108. The molecule has 20 heavy (non-hydrogen) atoms. The van der Waals surface area contributed by atoms with E-state index in [1.54, 1.807) is 12.3 Å². The summed E-state index contributed by atoms with van der Waals surface area (Å²) in [6.45, 7) is 13.0. The average molecular weight is 296 g/mol. The Morgan fingerprint density at radius 3 is 2.75 bits per heavy atom. The number of aromatic amines is 1. The van der Waals surface area contributed by atoms with Crippen LogP contribution in [0.2, 0.25) is 25.7 Å². The summed E-state index contributed by atoms with van der Waals surface area (Å²) in [5.74, 6) is -0.329. The second-order valence-electron chi connectivity index (χ2n) is 5.80. The minimum absolute atomic E-state index is 0.173. The zero-order chi connectivity index (χ0) is 15.2. The summed E-state index contributed by atoms with van der Waals surface area (Å²) in [6.07, 6.45) is 3.27. The Morgan fingerprint density at radius 2 is 2.25 bits per heavy atom. The molecule has 0 spiro atoms. The van der Waals surface area contributed by atoms with Gasteiger partial charge in [-0.1, -0.05) is 33.1 Å². The number of carbonyl (C=O) groups is 1. The number of rotatable bonds is 8. The fourth-order valence-corrected chi connectivity index (χ4v) is 2.18. The molecule has 0 aliphatic carbocycles. The summed E-state index contributed by atoms with van der Waals surface area (Å²) < 4.78 is 10.9. The third-order valence-corrected chi connectivity index (χ3v) is 4.43. The smallest absolute Gasteiger partial charge is 0.376 e. The first-order valence-electron chi connectivity index (χ1n) is 6.86. The molecule has 0 aliphatic rings. The van der Waals surface area contributed by atoms with E-state index in [1.807, 2.05) is 6.92 Å². The molecule has 0 aromatic carbocycles. The number of carbonyl (C=O) groups excluding carboxylic acids is 1. The van der Waals surface area contributed by atoms with Crippen LogP contribution in [0.25, 0.3) is 6.08 Å². The Morgan fingerprint density at radius 1 is 1.55 bits per heavy atom. The third kappa shape index (κ3) is 5.71. The molecule has 0 radical (unpaired) electrons. The molecule has 0 amide bonds. The Hall–Kier alpha value is -1.40. The predicted octanol–water partition coefficient (Wildman–Crippen LogP) is 3.30. The van der Waals surface area contributed by atoms with Gasteiger partial charge in [-0.15, -0.1) is 0 Å². The van der Waals surface area contributed by atoms with Gasteiger partial charge in [0.2, 0.25) is 12.1 Å². The molecule has 0 fully saturated rings. The highest BCUT2D eigenvalue weighted by molar-refractivity contribution is 6.76. The zero-order valence-corrected chi connectivity index (χ0v) is 13.7. The van der Waals surface area contributed by atoms with Gasteiger partial charge in [-0.2, -0.15) is 0 Å². The molecule has 0 bridgehead atoms. The SMILES string of the molecule is C=Cc1c[nH]c(C(=O)O[C@@H](CC)OCC[Si](C)(C)C)n1. The fraction of sp³-hybridized carbons (Fsp3) is 0.571. The Bertz CT molecular complexity index is 452. The fourth-order valence-electron chi connectivity index (χ4n) is 1.45. The number of H-pyrrole nitrogens is 1. The molecule has 1 heterocycles. The summed E-state index contributed by atoms with van der Waals surface area (Å²) in [5.41, 5.74) is 0.615. The third-order valence-electron chi connectivity index (χ3n) is 2.73. The van der Waals surface area contributed by atoms with E-state index in [9.17, 15) is 4.79 Å². The van der Waals surface area contributed by atoms with E-state index in [1.165, 1.54) is 0 Å². The van der Waals surface area contributed by atoms with E-state index in [2.05, 4.69) is 36.2 Å². The van der Waals surface area contributed by atoms with Crippen LogP contribution in [0.3, 0.4) is 0 Å². The number of nitrogens with zero attached hydrogens (tertiary/aromatic N) is 1. The lowest BCUT2D eigenvalue weighted by Gasteiger charge is -2.20. The number of aromatic nitrogens is 2. The molecule has 1 aromatic rings. The Labute approximate surface area is 121 Å². The van der Waals surface area contributed by atoms with Crippen molar-refractivity contribution in [1.82, 2.24) is 9.97 Å². The van der Waals surface area contributed by atoms with Gasteiger partial charge in [0.05, 0.1) is 5.69 Å². The van der Waals surface area contributed by atoms with Crippen molar-refractivity contribution in [3.8, 4) is 0 Å². The summed E-state index contributed by atoms with van der Waals surface area (Å²) in [4.78, 5) is 18.7. The van der Waals surface area contributed by atoms with Gasteiger partial charge in [-0.25, -0.2) is 9.78 Å². The van der Waals surface area contributed by atoms with Gasteiger partial charge in [0.25, 0.3) is 0 Å². The maximum absolute atomic E-state index is 11.9. The highest BCUT2D eigenvalue weighted by Gasteiger charge is 2.19. The molecule has 112 valence electrons. The molecule has 5 nitrogen and oxygen atoms in total. The van der Waals surface area contributed by atoms with Crippen LogP contribution in [-0.4, -0.2) is 36.9 Å². The van der Waals surface area contributed by atoms with Gasteiger partial charge in [0.1, 0.15) is 0 Å². The number of imidazole rings is 1. The number of nitrogens with one attached hydrogen (secondary N) is 1. The lowest BCUT2D eigenvalue weighted by atomic mass is 10.4. The van der Waals surface area contributed by atoms with Crippen molar-refractivity contribution in [2.24, 2.45) is 0 Å². The number of hydrogen-bond donors (Lipinski definition) is 1. The molecule has 0 aliphatic heterocycles. The molecular weight excluding hydrogens is 272 g/mol. The summed E-state index contributed by atoms with van der Waals surface area (Å²) in [6, 6.07) is 1.04. The van der Waals surface area contributed by atoms with Crippen LogP contribution in [0.1, 0.15) is 29.7 Å². The molecule has 1 atom stereocenters. The van der Waals surface area contributed by atoms with E-state index in [4.69, 9.17) is 9.47 Å². The van der Waals surface area contributed by atoms with Crippen LogP contribution in [0.5, 0.6) is 0 Å². The average Bonchev–Trinajstić information content (AvgIpc) is 2.84. The van der Waals surface area contributed by atoms with Gasteiger partial charge >= 0.3 is 5.97 Å². The van der Waals surface area contributed by atoms with E-state index < -0.39 is 20.3 Å². The highest BCUT2D eigenvalue weighted by atomic mass is 28.3. The highest BCUT2D eigenvalue weighted by Crippen LogP contribution is 2.11. The van der Waals surface area contributed by atoms with E-state index in [0.29, 0.717) is 18.7 Å². The number of ether oxygens (including phenoxy) is 2. The van der Waals surface area contributed by atoms with Gasteiger partial charge < -0.3 is 14.5 Å². The van der Waals surface area contributed by atoms with Crippen LogP contribution < -0.4 is 0 Å². The van der Waals surface area contributed by atoms with Crippen LogP contribution in [-0.2, 0) is 9.47 Å². The topological polar surface area (TPSA) is 64.2 Å². The van der Waals surface area contributed by atoms with Crippen molar-refractivity contribution in [2.45, 2.75) is 45.3 Å². The number of esters is 1. The van der Waals surface area contributed by atoms with Crippen LogP contribution in [0.4, 0.5) is 0 Å². The van der Waals surface area contributed by atoms with Gasteiger partial charge in [-0.05, 0) is 12.1 Å². The van der Waals surface area contributed by atoms with Crippen LogP contribution >= 0.6 is 0 Å². The maximum Gasteiger partial charge on any atom is 0.376 e. The molecule has 1 N–H and O–H groups in total. The molecule has 6 heteroatoms. The zero-order valence-electron chi connectivity index (χ0n) is 12.7. The second kappa shape index (κ2) is 7.40. The predicted molar refractivity (Wildman–Crippen MR) is 82.3 cm³/mol. The van der Waals surface area contributed by atoms with Crippen molar-refractivity contribution in [2.75, 3.05) is 6.61 Å². The molecule has 0 saturated carbocycles. The van der Waals surface area contributed by atoms with Crippen molar-refractivity contribution < 1.29 is 14.3 Å². The number of hydrogen-bond acceptors (Lipinski definition) is 4. The van der Waals surface area contributed by atoms with E-state index in [-0.39, 0.29) is 5.82 Å². The van der Waals surface area contributed by atoms with Gasteiger partial charge in [-0.3, -0.25) is 0 Å². The lowest BCUT2D eigenvalue weighted by Crippen LogP contribution is -2.26. The van der Waals surface area contributed by atoms with Gasteiger partial charge in [0, 0.05) is 27.3 Å². The second-order valence-corrected chi connectivity index (χ2v) is 11.4. The minimum Gasteiger partial charge on any atom is -0.430 e. The maximum atomic E-state index is 11.9. The molecule has 1 rings (SSSR count). The minimum atomic E-state index is -1.14. The Balaban J connectivity index is 2.47. The first-order valence-corrected chi connectivity index (χ1v) is 10.6. The summed E-state index contributed by atoms with van der Waals surface area (Å²) in [5, 5.41) is 0. The van der Waals surface area contributed by atoms with Crippen molar-refractivity contribution >= 4 is 20.1 Å². The van der Waals surface area contributed by atoms with Crippen molar-refractivity contribution in [3.63, 3.8) is 0 Å². The monoisotopic (exact) mass is 296 g/mol. The molecular formula is C14H24N2O3Si. The summed E-state index contributed by atoms with van der Waals surface area (Å²) in [7, 11) is -1.14. The van der Waals surface area contributed by atoms with Crippen LogP contribution in [0, 0.1) is 0 Å². The molecule has 1 aromatic heterocycles. The van der Waals surface area contributed by atoms with Crippen molar-refractivity contribution in [1.29, 1.82) is 0 Å². The quantitative estimate of drug-likeness (QED) is 0.454. The van der Waals surface area contributed by atoms with Crippen LogP contribution in [0.15, 0.2) is 12.8 Å². The van der Waals surface area contributed by atoms with E-state index in [0.717, 1.165) is 6.04 Å². The first-order chi connectivity index (χ1) is 9.35. The van der Waals surface area contributed by atoms with Crippen molar-refractivity contribution in [3.05, 3.63) is 24.3 Å². The van der Waals surface area contributed by atoms with Gasteiger partial charge in [0.15, 0.2) is 0 Å². The largest absolute Gasteiger partial charge is 0.430 e. The Kier molecular flexibility index (Phi) is 6.16. The van der Waals surface area contributed by atoms with E-state index >= 15 is 0 Å². The first kappa shape index (κ1) is 16.7. The summed E-state index contributed by atoms with van der Waals surface area (Å²) >= 11 is 0. The molecule has 0 unspecified atom stereocenters.